The largest absolute Gasteiger partial charge is 0.381 e. The van der Waals surface area contributed by atoms with Crippen molar-refractivity contribution in [1.29, 1.82) is 0 Å². The second-order valence-electron chi connectivity index (χ2n) is 7.18. The van der Waals surface area contributed by atoms with Crippen molar-refractivity contribution in [2.45, 2.75) is 32.4 Å². The molecular formula is C20H27ClN4O2. The van der Waals surface area contributed by atoms with Crippen molar-refractivity contribution in [3.63, 3.8) is 0 Å². The Kier molecular flexibility index (Phi) is 6.88. The maximum absolute atomic E-state index is 13.3. The van der Waals surface area contributed by atoms with Gasteiger partial charge in [0.2, 0.25) is 0 Å². The van der Waals surface area contributed by atoms with Gasteiger partial charge in [0.25, 0.3) is 5.91 Å². The Morgan fingerprint density at radius 3 is 2.78 bits per heavy atom. The molecule has 6 nitrogen and oxygen atoms in total. The molecule has 0 aliphatic carbocycles. The molecule has 2 aliphatic heterocycles. The van der Waals surface area contributed by atoms with E-state index in [-0.39, 0.29) is 18.3 Å². The number of aromatic nitrogens is 2. The van der Waals surface area contributed by atoms with Crippen LogP contribution in [0.1, 0.15) is 40.2 Å². The summed E-state index contributed by atoms with van der Waals surface area (Å²) in [4.78, 5) is 15.3. The molecule has 1 fully saturated rings. The molecule has 1 aromatic heterocycles. The Morgan fingerprint density at radius 2 is 2.00 bits per heavy atom. The number of benzene rings is 1. The third-order valence-electron chi connectivity index (χ3n) is 5.33. The molecule has 0 spiro atoms. The molecule has 1 aromatic carbocycles. The number of aromatic amines is 1. The van der Waals surface area contributed by atoms with Crippen LogP contribution in [0, 0.1) is 5.92 Å². The fraction of sp³-hybridized carbons (Fsp3) is 0.500. The smallest absolute Gasteiger partial charge is 0.275 e. The minimum Gasteiger partial charge on any atom is -0.381 e. The van der Waals surface area contributed by atoms with Gasteiger partial charge < -0.3 is 15.0 Å². The molecule has 1 saturated heterocycles. The van der Waals surface area contributed by atoms with E-state index < -0.39 is 0 Å². The van der Waals surface area contributed by atoms with Gasteiger partial charge in [-0.05, 0) is 24.3 Å². The van der Waals surface area contributed by atoms with Crippen molar-refractivity contribution in [1.82, 2.24) is 20.4 Å². The van der Waals surface area contributed by atoms with Crippen molar-refractivity contribution in [3.8, 4) is 0 Å². The third-order valence-corrected chi connectivity index (χ3v) is 5.33. The van der Waals surface area contributed by atoms with Crippen LogP contribution in [0.2, 0.25) is 0 Å². The second-order valence-corrected chi connectivity index (χ2v) is 7.18. The van der Waals surface area contributed by atoms with E-state index in [4.69, 9.17) is 4.74 Å². The van der Waals surface area contributed by atoms with E-state index in [0.29, 0.717) is 24.7 Å². The van der Waals surface area contributed by atoms with E-state index in [2.05, 4.69) is 27.6 Å². The first-order chi connectivity index (χ1) is 12.8. The van der Waals surface area contributed by atoms with Crippen LogP contribution in [-0.4, -0.2) is 47.3 Å². The summed E-state index contributed by atoms with van der Waals surface area (Å²) in [5.74, 6) is 0.519. The number of nitrogens with zero attached hydrogens (tertiary/aromatic N) is 2. The van der Waals surface area contributed by atoms with Gasteiger partial charge in [-0.25, -0.2) is 0 Å². The number of carbonyl (C=O) groups is 1. The number of H-pyrrole nitrogens is 1. The van der Waals surface area contributed by atoms with Crippen LogP contribution in [0.5, 0.6) is 0 Å². The van der Waals surface area contributed by atoms with Gasteiger partial charge in [0.1, 0.15) is 0 Å². The normalized spacial score (nSPS) is 17.0. The number of nitrogens with one attached hydrogen (secondary N) is 2. The van der Waals surface area contributed by atoms with E-state index in [9.17, 15) is 4.79 Å². The average Bonchev–Trinajstić information content (AvgIpc) is 3.13. The molecule has 2 N–H and O–H groups in total. The van der Waals surface area contributed by atoms with E-state index in [1.54, 1.807) is 0 Å². The van der Waals surface area contributed by atoms with E-state index >= 15 is 0 Å². The lowest BCUT2D eigenvalue weighted by Gasteiger charge is -2.30. The highest BCUT2D eigenvalue weighted by molar-refractivity contribution is 5.94. The summed E-state index contributed by atoms with van der Waals surface area (Å²) in [6, 6.07) is 10.2. The van der Waals surface area contributed by atoms with E-state index in [0.717, 1.165) is 62.4 Å². The third kappa shape index (κ3) is 4.69. The van der Waals surface area contributed by atoms with Crippen molar-refractivity contribution in [2.75, 3.05) is 26.3 Å². The summed E-state index contributed by atoms with van der Waals surface area (Å²) in [5, 5.41) is 10.8. The van der Waals surface area contributed by atoms with Gasteiger partial charge in [-0.2, -0.15) is 5.10 Å². The van der Waals surface area contributed by atoms with Crippen LogP contribution in [0.4, 0.5) is 0 Å². The van der Waals surface area contributed by atoms with Crippen LogP contribution < -0.4 is 5.32 Å². The maximum Gasteiger partial charge on any atom is 0.275 e. The monoisotopic (exact) mass is 390 g/mol. The molecular weight excluding hydrogens is 364 g/mol. The molecule has 0 unspecified atom stereocenters. The standard InChI is InChI=1S/C20H26N4O2.ClH/c25-20(19-17-12-21-9-6-18(17)22-23-19)24(13-15-4-2-1-3-5-15)14-16-7-10-26-11-8-16;/h1-5,16,21H,6-14H2,(H,22,23);1H. The minimum atomic E-state index is 0. The van der Waals surface area contributed by atoms with Gasteiger partial charge in [-0.1, -0.05) is 30.3 Å². The highest BCUT2D eigenvalue weighted by Gasteiger charge is 2.28. The number of halogens is 1. The molecule has 0 radical (unpaired) electrons. The lowest BCUT2D eigenvalue weighted by Crippen LogP contribution is -2.38. The SMILES string of the molecule is Cl.O=C(c1n[nH]c2c1CNCC2)N(Cc1ccccc1)CC1CCOCC1. The van der Waals surface area contributed by atoms with E-state index in [1.807, 2.05) is 23.1 Å². The fourth-order valence-electron chi connectivity index (χ4n) is 3.82. The Balaban J connectivity index is 0.00000210. The predicted octanol–water partition coefficient (Wildman–Crippen LogP) is 2.55. The number of ether oxygens (including phenoxy) is 1. The molecule has 0 atom stereocenters. The van der Waals surface area contributed by atoms with Crippen LogP contribution >= 0.6 is 12.4 Å². The molecule has 7 heteroatoms. The van der Waals surface area contributed by atoms with Crippen LogP contribution in [-0.2, 0) is 24.2 Å². The number of fused-ring (bicyclic) bond motifs is 1. The summed E-state index contributed by atoms with van der Waals surface area (Å²) < 4.78 is 5.48. The highest BCUT2D eigenvalue weighted by Crippen LogP contribution is 2.22. The number of rotatable bonds is 5. The van der Waals surface area contributed by atoms with Crippen LogP contribution in [0.15, 0.2) is 30.3 Å². The van der Waals surface area contributed by atoms with Gasteiger partial charge >= 0.3 is 0 Å². The highest BCUT2D eigenvalue weighted by atomic mass is 35.5. The first kappa shape index (κ1) is 19.9. The minimum absolute atomic E-state index is 0. The molecule has 27 heavy (non-hydrogen) atoms. The van der Waals surface area contributed by atoms with Gasteiger partial charge in [0.05, 0.1) is 0 Å². The maximum atomic E-state index is 13.3. The molecule has 1 amide bonds. The Bertz CT molecular complexity index is 744. The molecule has 0 bridgehead atoms. The number of hydrogen-bond acceptors (Lipinski definition) is 4. The summed E-state index contributed by atoms with van der Waals surface area (Å²) in [7, 11) is 0. The topological polar surface area (TPSA) is 70.2 Å². The quantitative estimate of drug-likeness (QED) is 0.823. The van der Waals surface area contributed by atoms with Crippen LogP contribution in [0.25, 0.3) is 0 Å². The zero-order valence-corrected chi connectivity index (χ0v) is 16.3. The number of hydrogen-bond donors (Lipinski definition) is 2. The fourth-order valence-corrected chi connectivity index (χ4v) is 3.82. The predicted molar refractivity (Wildman–Crippen MR) is 106 cm³/mol. The second kappa shape index (κ2) is 9.35. The molecule has 2 aromatic rings. The van der Waals surface area contributed by atoms with Crippen molar-refractivity contribution < 1.29 is 9.53 Å². The Labute approximate surface area is 166 Å². The van der Waals surface area contributed by atoms with Crippen molar-refractivity contribution in [2.24, 2.45) is 5.92 Å². The molecule has 3 heterocycles. The molecule has 4 rings (SSSR count). The Hall–Kier alpha value is -1.89. The van der Waals surface area contributed by atoms with Gasteiger partial charge in [0, 0.05) is 57.1 Å². The van der Waals surface area contributed by atoms with Crippen molar-refractivity contribution in [3.05, 3.63) is 52.8 Å². The molecule has 146 valence electrons. The van der Waals surface area contributed by atoms with Gasteiger partial charge in [0.15, 0.2) is 5.69 Å². The number of carbonyl (C=O) groups excluding carboxylic acids is 1. The van der Waals surface area contributed by atoms with Crippen LogP contribution in [0.3, 0.4) is 0 Å². The molecule has 0 saturated carbocycles. The van der Waals surface area contributed by atoms with Gasteiger partial charge in [-0.15, -0.1) is 12.4 Å². The summed E-state index contributed by atoms with van der Waals surface area (Å²) in [6.45, 7) is 4.60. The van der Waals surface area contributed by atoms with Crippen molar-refractivity contribution >= 4 is 18.3 Å². The average molecular weight is 391 g/mol. The first-order valence-corrected chi connectivity index (χ1v) is 9.49. The zero-order valence-electron chi connectivity index (χ0n) is 15.4. The Morgan fingerprint density at radius 1 is 1.22 bits per heavy atom. The lowest BCUT2D eigenvalue weighted by molar-refractivity contribution is 0.0442. The summed E-state index contributed by atoms with van der Waals surface area (Å²) in [5.41, 5.74) is 3.86. The zero-order chi connectivity index (χ0) is 17.8. The number of amides is 1. The molecule has 2 aliphatic rings. The van der Waals surface area contributed by atoms with Gasteiger partial charge in [-0.3, -0.25) is 9.89 Å². The summed E-state index contributed by atoms with van der Waals surface area (Å²) >= 11 is 0. The first-order valence-electron chi connectivity index (χ1n) is 9.49. The lowest BCUT2D eigenvalue weighted by atomic mass is 9.98. The summed E-state index contributed by atoms with van der Waals surface area (Å²) in [6.07, 6.45) is 2.92. The van der Waals surface area contributed by atoms with E-state index in [1.165, 1.54) is 0 Å².